The SMILES string of the molecule is CC[C@@]1(O)C(=O)OCc2c1cc1n(c2=O)Cc2c-1nc1cc(F)c(C)c3c1c2[C@@H](NC(=O)COCNC(=O)CNC(=O)[C@H](Cc1ccccc1)NC(=O)CNC(=O)CNC(=O)CCCCCN1C(=O)CC([P+](CCC(=O)O)(CCC(=O)O)CCC(=O)O)=C1OC)CC3. The highest BCUT2D eigenvalue weighted by atomic mass is 31.2. The lowest BCUT2D eigenvalue weighted by Crippen LogP contribution is -2.52. The Hall–Kier alpha value is -9.21. The quantitative estimate of drug-likeness (QED) is 0.0124. The second-order valence-corrected chi connectivity index (χ2v) is 27.1. The molecule has 28 nitrogen and oxygen atoms in total. The molecule has 0 radical (unpaired) electrons. The highest BCUT2D eigenvalue weighted by molar-refractivity contribution is 7.80. The van der Waals surface area contributed by atoms with E-state index in [1.807, 2.05) is 0 Å². The maximum absolute atomic E-state index is 15.4. The van der Waals surface area contributed by atoms with Crippen LogP contribution < -0.4 is 37.5 Å². The van der Waals surface area contributed by atoms with E-state index >= 15 is 4.39 Å². The summed E-state index contributed by atoms with van der Waals surface area (Å²) in [5.74, 6) is -9.01. The van der Waals surface area contributed by atoms with E-state index in [1.54, 1.807) is 50.2 Å². The number of ether oxygens (including phenoxy) is 3. The molecule has 0 saturated heterocycles. The summed E-state index contributed by atoms with van der Waals surface area (Å²) >= 11 is 0. The molecule has 3 atom stereocenters. The van der Waals surface area contributed by atoms with Gasteiger partial charge in [0.15, 0.2) is 5.60 Å². The second kappa shape index (κ2) is 30.3. The number of aromatic nitrogens is 2. The number of unbranched alkanes of at least 4 members (excludes halogenated alkanes) is 2. The van der Waals surface area contributed by atoms with Crippen LogP contribution in [0, 0.1) is 12.7 Å². The molecule has 92 heavy (non-hydrogen) atoms. The number of carbonyl (C=O) groups is 11. The second-order valence-electron chi connectivity index (χ2n) is 22.9. The van der Waals surface area contributed by atoms with E-state index in [0.717, 1.165) is 0 Å². The van der Waals surface area contributed by atoms with Crippen LogP contribution in [0.3, 0.4) is 0 Å². The van der Waals surface area contributed by atoms with Crippen molar-refractivity contribution in [3.8, 4) is 11.4 Å². The minimum atomic E-state index is -2.81. The normalized spacial score (nSPS) is 16.6. The minimum absolute atomic E-state index is 0.00256. The number of hydrogen-bond donors (Lipinski definition) is 10. The predicted molar refractivity (Wildman–Crippen MR) is 326 cm³/mol. The number of cyclic esters (lactones) is 1. The zero-order valence-electron chi connectivity index (χ0n) is 51.0. The Bertz CT molecular complexity index is 3660. The van der Waals surface area contributed by atoms with Gasteiger partial charge in [0.1, 0.15) is 37.1 Å². The fourth-order valence-electron chi connectivity index (χ4n) is 12.2. The summed E-state index contributed by atoms with van der Waals surface area (Å²) in [6.07, 6.45) is 0.590. The number of benzene rings is 2. The number of halogens is 1. The molecule has 2 aromatic carbocycles. The molecule has 0 bridgehead atoms. The molecule has 1 aliphatic carbocycles. The zero-order valence-corrected chi connectivity index (χ0v) is 51.9. The standard InChI is InChI=1S/C62H73FN9O19P/c1-4-62(88)39-24-44-57-37(30-72(44)59(86)38(39)31-91-61(62)87)56-41(15-14-36-34(2)40(63)25-42(70-57)55(36)56)68-50(77)32-90-33-67-48(75)28-66-58(85)43(23-35-11-7-5-8-12-35)69-49(76)29-65-47(74)27-64-46(73)13-9-6-10-19-71-51(78)26-45(60(71)89-3)92(20-16-52(79)80,21-17-53(81)82)22-18-54(83)84/h5,7-8,11-12,24-25,41,43,88H,4,6,9-10,13-23,26-33H2,1-3H3,(H8-,64,65,66,67,68,69,73,74,75,76,77,79,80,81,82,83,84,85)/p+1/t41-,43-,62-/m0/s1. The molecule has 4 aliphatic rings. The summed E-state index contributed by atoms with van der Waals surface area (Å²) in [5.41, 5.74) is 1.62. The molecule has 30 heteroatoms. The molecule has 0 unspecified atom stereocenters. The number of aryl methyl sites for hydroxylation is 1. The lowest BCUT2D eigenvalue weighted by Gasteiger charge is -2.31. The number of nitrogens with zero attached hydrogens (tertiary/aromatic N) is 3. The summed E-state index contributed by atoms with van der Waals surface area (Å²) in [5, 5.41) is 56.3. The third kappa shape index (κ3) is 15.9. The highest BCUT2D eigenvalue weighted by Crippen LogP contribution is 2.70. The van der Waals surface area contributed by atoms with Gasteiger partial charge in [0.25, 0.3) is 5.56 Å². The van der Waals surface area contributed by atoms with E-state index in [4.69, 9.17) is 19.2 Å². The van der Waals surface area contributed by atoms with Crippen molar-refractivity contribution in [2.75, 3.05) is 65.1 Å². The molecule has 2 aromatic heterocycles. The van der Waals surface area contributed by atoms with Crippen LogP contribution in [0.15, 0.2) is 58.5 Å². The lowest BCUT2D eigenvalue weighted by atomic mass is 9.81. The third-order valence-electron chi connectivity index (χ3n) is 17.0. The number of carboxylic acids is 3. The summed E-state index contributed by atoms with van der Waals surface area (Å²) in [6.45, 7) is 0.488. The molecular formula is C62H74FN9O19P+. The minimum Gasteiger partial charge on any atom is -0.481 e. The predicted octanol–water partition coefficient (Wildman–Crippen LogP) is 1.85. The van der Waals surface area contributed by atoms with E-state index in [0.29, 0.717) is 87.5 Å². The van der Waals surface area contributed by atoms with Crippen molar-refractivity contribution in [1.82, 2.24) is 46.4 Å². The number of amides is 7. The van der Waals surface area contributed by atoms with E-state index < -0.39 is 129 Å². The van der Waals surface area contributed by atoms with Gasteiger partial charge in [0, 0.05) is 42.0 Å². The fraction of sp³-hybridized carbons (Fsp3) is 0.468. The number of methoxy groups -OCH3 is 1. The van der Waals surface area contributed by atoms with Crippen LogP contribution >= 0.6 is 7.26 Å². The van der Waals surface area contributed by atoms with E-state index in [1.165, 1.54) is 22.6 Å². The molecule has 0 saturated carbocycles. The average Bonchev–Trinajstić information content (AvgIpc) is 1.48. The summed E-state index contributed by atoms with van der Waals surface area (Å²) in [7, 11) is -1.49. The first-order chi connectivity index (χ1) is 43.9. The summed E-state index contributed by atoms with van der Waals surface area (Å²) in [4.78, 5) is 160. The van der Waals surface area contributed by atoms with Crippen LogP contribution in [0.25, 0.3) is 22.3 Å². The van der Waals surface area contributed by atoms with Gasteiger partial charge in [-0.05, 0) is 67.3 Å². The van der Waals surface area contributed by atoms with Gasteiger partial charge >= 0.3 is 23.9 Å². The maximum atomic E-state index is 15.4. The first-order valence-corrected chi connectivity index (χ1v) is 32.4. The zero-order chi connectivity index (χ0) is 66.6. The Balaban J connectivity index is 0.773. The van der Waals surface area contributed by atoms with Gasteiger partial charge in [-0.3, -0.25) is 57.6 Å². The average molecular weight is 1300 g/mol. The fourth-order valence-corrected chi connectivity index (χ4v) is 16.6. The van der Waals surface area contributed by atoms with Crippen LogP contribution in [0.4, 0.5) is 4.39 Å². The Kier molecular flexibility index (Phi) is 22.6. The molecule has 7 amide bonds. The van der Waals surface area contributed by atoms with Crippen molar-refractivity contribution in [1.29, 1.82) is 0 Å². The van der Waals surface area contributed by atoms with Gasteiger partial charge in [0.05, 0.1) is 113 Å². The number of aliphatic hydroxyl groups is 1. The number of hydrogen-bond acceptors (Lipinski definition) is 17. The van der Waals surface area contributed by atoms with Gasteiger partial charge in [-0.2, -0.15) is 0 Å². The molecule has 0 fully saturated rings. The van der Waals surface area contributed by atoms with Crippen LogP contribution in [0.5, 0.6) is 0 Å². The van der Waals surface area contributed by atoms with Crippen molar-refractivity contribution in [3.05, 3.63) is 109 Å². The largest absolute Gasteiger partial charge is 0.481 e. The van der Waals surface area contributed by atoms with Crippen molar-refractivity contribution < 1.29 is 91.8 Å². The number of aliphatic carboxylic acids is 3. The van der Waals surface area contributed by atoms with Gasteiger partial charge in [-0.25, -0.2) is 14.2 Å². The molecule has 492 valence electrons. The van der Waals surface area contributed by atoms with Crippen LogP contribution in [-0.4, -0.2) is 171 Å². The molecule has 3 aliphatic heterocycles. The van der Waals surface area contributed by atoms with Crippen LogP contribution in [0.1, 0.15) is 116 Å². The molecule has 10 N–H and O–H groups in total. The Morgan fingerprint density at radius 2 is 1.46 bits per heavy atom. The van der Waals surface area contributed by atoms with Crippen molar-refractivity contribution in [2.24, 2.45) is 0 Å². The number of carboxylic acid groups (broad SMARTS) is 3. The van der Waals surface area contributed by atoms with Crippen molar-refractivity contribution >= 4 is 83.4 Å². The lowest BCUT2D eigenvalue weighted by molar-refractivity contribution is -0.172. The van der Waals surface area contributed by atoms with E-state index in [2.05, 4.69) is 31.9 Å². The molecule has 4 aromatic rings. The number of carbonyl (C=O) groups excluding carboxylic acids is 8. The van der Waals surface area contributed by atoms with E-state index in [-0.39, 0.29) is 106 Å². The smallest absolute Gasteiger partial charge is 0.343 e. The number of esters is 1. The monoisotopic (exact) mass is 1300 g/mol. The van der Waals surface area contributed by atoms with Crippen molar-refractivity contribution in [2.45, 2.75) is 122 Å². The Labute approximate surface area is 526 Å². The third-order valence-corrected chi connectivity index (χ3v) is 21.7. The van der Waals surface area contributed by atoms with Gasteiger partial charge < -0.3 is 71.1 Å². The van der Waals surface area contributed by atoms with Gasteiger partial charge in [-0.15, -0.1) is 0 Å². The van der Waals surface area contributed by atoms with Gasteiger partial charge in [-0.1, -0.05) is 43.7 Å². The first kappa shape index (κ1) is 68.7. The first-order valence-electron chi connectivity index (χ1n) is 30.1. The molecule has 0 spiro atoms. The summed E-state index contributed by atoms with van der Waals surface area (Å²) < 4.78 is 33.2. The number of fused-ring (bicyclic) bond motifs is 5. The van der Waals surface area contributed by atoms with Crippen molar-refractivity contribution in [3.63, 3.8) is 0 Å². The maximum Gasteiger partial charge on any atom is 0.343 e. The van der Waals surface area contributed by atoms with Gasteiger partial charge in [0.2, 0.25) is 47.2 Å². The van der Waals surface area contributed by atoms with Crippen LogP contribution in [-0.2, 0) is 98.5 Å². The molecule has 5 heterocycles. The summed E-state index contributed by atoms with van der Waals surface area (Å²) in [6, 6.07) is 9.62. The number of pyridine rings is 2. The van der Waals surface area contributed by atoms with Crippen LogP contribution in [0.2, 0.25) is 0 Å². The number of rotatable bonds is 33. The topological polar surface area (TPSA) is 407 Å². The molecular weight excluding hydrogens is 1220 g/mol. The Morgan fingerprint density at radius 1 is 0.804 bits per heavy atom. The number of nitrogens with one attached hydrogen (secondary N) is 6. The Morgan fingerprint density at radius 3 is 2.12 bits per heavy atom. The molecule has 8 rings (SSSR count). The highest BCUT2D eigenvalue weighted by Gasteiger charge is 2.51. The van der Waals surface area contributed by atoms with E-state index in [9.17, 15) is 78.0 Å².